The highest BCUT2D eigenvalue weighted by Gasteiger charge is 2.17. The zero-order valence-corrected chi connectivity index (χ0v) is 26.2. The maximum absolute atomic E-state index is 5.09. The molecule has 0 fully saturated rings. The summed E-state index contributed by atoms with van der Waals surface area (Å²) >= 11 is 0. The molecule has 0 spiro atoms. The van der Waals surface area contributed by atoms with Crippen LogP contribution in [0, 0.1) is 0 Å². The first-order valence-corrected chi connectivity index (χ1v) is 16.3. The molecule has 49 heavy (non-hydrogen) atoms. The van der Waals surface area contributed by atoms with E-state index < -0.39 is 0 Å². The van der Waals surface area contributed by atoms with E-state index in [0.29, 0.717) is 17.5 Å². The second-order valence-electron chi connectivity index (χ2n) is 12.2. The van der Waals surface area contributed by atoms with Gasteiger partial charge in [0, 0.05) is 44.4 Å². The first-order chi connectivity index (χ1) is 24.3. The number of nitrogens with zero attached hydrogens (tertiary/aromatic N) is 6. The third kappa shape index (κ3) is 4.46. The van der Waals surface area contributed by atoms with Crippen LogP contribution in [0.3, 0.4) is 0 Å². The molecule has 0 N–H and O–H groups in total. The van der Waals surface area contributed by atoms with Gasteiger partial charge < -0.3 is 0 Å². The summed E-state index contributed by atoms with van der Waals surface area (Å²) in [6, 6.07) is 52.1. The lowest BCUT2D eigenvalue weighted by molar-refractivity contribution is 1.07. The number of fused-ring (bicyclic) bond motifs is 10. The number of benzene rings is 6. The van der Waals surface area contributed by atoms with E-state index in [1.165, 1.54) is 0 Å². The molecule has 6 aromatic carbocycles. The Hall–Kier alpha value is -6.79. The molecule has 228 valence electrons. The SMILES string of the molecule is c1ccc(-c2nc(-c3ccccc3)nc(-c3ccc(-c4ccc5c(c4)c4c(ccc6cccnc64)c4nc6ccccc6n54)cc3)n2)cc1. The molecule has 6 nitrogen and oxygen atoms in total. The second kappa shape index (κ2) is 10.9. The maximum Gasteiger partial charge on any atom is 0.164 e. The molecule has 0 aliphatic carbocycles. The normalized spacial score (nSPS) is 11.7. The van der Waals surface area contributed by atoms with Gasteiger partial charge in [0.25, 0.3) is 0 Å². The van der Waals surface area contributed by atoms with Crippen LogP contribution in [-0.4, -0.2) is 29.3 Å². The van der Waals surface area contributed by atoms with Crippen molar-refractivity contribution in [2.45, 2.75) is 0 Å². The molecule has 6 heteroatoms. The van der Waals surface area contributed by atoms with E-state index in [4.69, 9.17) is 24.9 Å². The van der Waals surface area contributed by atoms with E-state index >= 15 is 0 Å². The lowest BCUT2D eigenvalue weighted by Gasteiger charge is -2.13. The van der Waals surface area contributed by atoms with Crippen LogP contribution in [0.5, 0.6) is 0 Å². The second-order valence-corrected chi connectivity index (χ2v) is 12.2. The van der Waals surface area contributed by atoms with E-state index in [1.807, 2.05) is 79.0 Å². The summed E-state index contributed by atoms with van der Waals surface area (Å²) in [7, 11) is 0. The predicted octanol–water partition coefficient (Wildman–Crippen LogP) is 10.2. The van der Waals surface area contributed by atoms with Crippen molar-refractivity contribution in [3.63, 3.8) is 0 Å². The maximum atomic E-state index is 5.09. The molecule has 0 bridgehead atoms. The molecule has 0 radical (unpaired) electrons. The minimum atomic E-state index is 0.635. The highest BCUT2D eigenvalue weighted by atomic mass is 15.0. The summed E-state index contributed by atoms with van der Waals surface area (Å²) in [5.74, 6) is 1.93. The van der Waals surface area contributed by atoms with Crippen molar-refractivity contribution < 1.29 is 0 Å². The highest BCUT2D eigenvalue weighted by molar-refractivity contribution is 6.23. The Bertz CT molecular complexity index is 2800. The Morgan fingerprint density at radius 1 is 0.408 bits per heavy atom. The minimum absolute atomic E-state index is 0.635. The van der Waals surface area contributed by atoms with Gasteiger partial charge in [-0.25, -0.2) is 19.9 Å². The number of para-hydroxylation sites is 2. The number of rotatable bonds is 4. The van der Waals surface area contributed by atoms with Gasteiger partial charge in [0.1, 0.15) is 5.65 Å². The average molecular weight is 627 g/mol. The van der Waals surface area contributed by atoms with Crippen molar-refractivity contribution in [1.82, 2.24) is 29.3 Å². The van der Waals surface area contributed by atoms with Gasteiger partial charge in [-0.3, -0.25) is 9.38 Å². The Morgan fingerprint density at radius 3 is 1.73 bits per heavy atom. The molecule has 0 saturated heterocycles. The van der Waals surface area contributed by atoms with E-state index in [9.17, 15) is 0 Å². The van der Waals surface area contributed by atoms with Crippen LogP contribution >= 0.6 is 0 Å². The molecule has 4 heterocycles. The number of pyridine rings is 2. The van der Waals surface area contributed by atoms with Crippen molar-refractivity contribution in [3.8, 4) is 45.3 Å². The molecule has 10 rings (SSSR count). The largest absolute Gasteiger partial charge is 0.292 e. The van der Waals surface area contributed by atoms with Crippen LogP contribution in [0.2, 0.25) is 0 Å². The molecular formula is C43H26N6. The first kappa shape index (κ1) is 27.3. The molecule has 0 amide bonds. The number of hydrogen-bond acceptors (Lipinski definition) is 5. The summed E-state index contributed by atoms with van der Waals surface area (Å²) < 4.78 is 2.28. The zero-order valence-electron chi connectivity index (χ0n) is 26.2. The third-order valence-electron chi connectivity index (χ3n) is 9.26. The van der Waals surface area contributed by atoms with Crippen LogP contribution in [0.4, 0.5) is 0 Å². The first-order valence-electron chi connectivity index (χ1n) is 16.3. The van der Waals surface area contributed by atoms with Crippen molar-refractivity contribution in [3.05, 3.63) is 158 Å². The summed E-state index contributed by atoms with van der Waals surface area (Å²) in [4.78, 5) is 24.6. The van der Waals surface area contributed by atoms with E-state index in [1.54, 1.807) is 0 Å². The molecule has 0 atom stereocenters. The van der Waals surface area contributed by atoms with E-state index in [-0.39, 0.29) is 0 Å². The standard InChI is InChI=1S/C43H26N6/c1-3-10-29(11-4-1)40-46-41(30-12-5-2-6-13-30)48-42(47-40)31-19-17-27(18-20-31)32-22-24-36-34(26-32)38-33(23-21-28-14-9-25-44-39(28)38)43-45-35-15-7-8-16-37(35)49(36)43/h1-26H. The molecule has 0 aliphatic rings. The third-order valence-corrected chi connectivity index (χ3v) is 9.26. The van der Waals surface area contributed by atoms with Gasteiger partial charge in [-0.2, -0.15) is 0 Å². The highest BCUT2D eigenvalue weighted by Crippen LogP contribution is 2.38. The van der Waals surface area contributed by atoms with Crippen LogP contribution in [0.25, 0.3) is 94.5 Å². The monoisotopic (exact) mass is 626 g/mol. The van der Waals surface area contributed by atoms with Crippen LogP contribution in [-0.2, 0) is 0 Å². The van der Waals surface area contributed by atoms with Gasteiger partial charge in [-0.15, -0.1) is 0 Å². The van der Waals surface area contributed by atoms with Gasteiger partial charge in [0.15, 0.2) is 17.5 Å². The van der Waals surface area contributed by atoms with Gasteiger partial charge in [-0.1, -0.05) is 115 Å². The van der Waals surface area contributed by atoms with Crippen molar-refractivity contribution >= 4 is 49.3 Å². The molecule has 0 saturated carbocycles. The molecule has 0 aliphatic heterocycles. The van der Waals surface area contributed by atoms with Crippen molar-refractivity contribution in [1.29, 1.82) is 0 Å². The van der Waals surface area contributed by atoms with E-state index in [2.05, 4.69) is 83.3 Å². The Kier molecular flexibility index (Phi) is 6.08. The van der Waals surface area contributed by atoms with Crippen LogP contribution in [0.15, 0.2) is 158 Å². The molecule has 4 aromatic heterocycles. The molecule has 10 aromatic rings. The summed E-state index contributed by atoms with van der Waals surface area (Å²) in [6.45, 7) is 0. The summed E-state index contributed by atoms with van der Waals surface area (Å²) in [5.41, 5.74) is 10.1. The van der Waals surface area contributed by atoms with E-state index in [0.717, 1.165) is 77.1 Å². The predicted molar refractivity (Wildman–Crippen MR) is 198 cm³/mol. The fourth-order valence-electron chi connectivity index (χ4n) is 6.91. The lowest BCUT2D eigenvalue weighted by atomic mass is 9.97. The van der Waals surface area contributed by atoms with Gasteiger partial charge >= 0.3 is 0 Å². The Morgan fingerprint density at radius 2 is 1.02 bits per heavy atom. The zero-order chi connectivity index (χ0) is 32.3. The van der Waals surface area contributed by atoms with Crippen molar-refractivity contribution in [2.75, 3.05) is 0 Å². The Balaban J connectivity index is 1.14. The van der Waals surface area contributed by atoms with Crippen LogP contribution in [0.1, 0.15) is 0 Å². The van der Waals surface area contributed by atoms with Gasteiger partial charge in [0.05, 0.1) is 22.1 Å². The topological polar surface area (TPSA) is 68.9 Å². The van der Waals surface area contributed by atoms with Crippen molar-refractivity contribution in [2.24, 2.45) is 0 Å². The summed E-state index contributed by atoms with van der Waals surface area (Å²) in [6.07, 6.45) is 1.87. The van der Waals surface area contributed by atoms with Gasteiger partial charge in [-0.05, 0) is 47.5 Å². The number of aromatic nitrogens is 6. The summed E-state index contributed by atoms with van der Waals surface area (Å²) in [5, 5.41) is 4.43. The van der Waals surface area contributed by atoms with Gasteiger partial charge in [0.2, 0.25) is 0 Å². The fraction of sp³-hybridized carbons (Fsp3) is 0. The minimum Gasteiger partial charge on any atom is -0.292 e. The quantitative estimate of drug-likeness (QED) is 0.182. The van der Waals surface area contributed by atoms with Crippen LogP contribution < -0.4 is 0 Å². The fourth-order valence-corrected chi connectivity index (χ4v) is 6.91. The number of hydrogen-bond donors (Lipinski definition) is 0. The average Bonchev–Trinajstić information content (AvgIpc) is 3.58. The smallest absolute Gasteiger partial charge is 0.164 e. The lowest BCUT2D eigenvalue weighted by Crippen LogP contribution is -2.00. The number of imidazole rings is 1. The Labute approximate surface area is 281 Å². The molecular weight excluding hydrogens is 601 g/mol. The molecule has 0 unspecified atom stereocenters.